The molecule has 2 amide bonds. The Kier molecular flexibility index (Phi) is 6.62. The van der Waals surface area contributed by atoms with E-state index in [1.165, 1.54) is 0 Å². The van der Waals surface area contributed by atoms with E-state index in [2.05, 4.69) is 26.6 Å². The average molecular weight is 377 g/mol. The number of anilines is 1. The number of ether oxygens (including phenoxy) is 1. The van der Waals surface area contributed by atoms with E-state index in [0.29, 0.717) is 19.8 Å². The van der Waals surface area contributed by atoms with Crippen LogP contribution < -0.4 is 10.6 Å². The maximum Gasteiger partial charge on any atom is 0.319 e. The molecule has 0 aromatic heterocycles. The SMILES string of the molecule is CCOCc1ccccc1CNC(=O)Nc1cc(Br)ccc1C. The Morgan fingerprint density at radius 1 is 1.17 bits per heavy atom. The number of rotatable bonds is 6. The first kappa shape index (κ1) is 17.5. The van der Waals surface area contributed by atoms with E-state index in [-0.39, 0.29) is 6.03 Å². The number of carbonyl (C=O) groups excluding carboxylic acids is 1. The lowest BCUT2D eigenvalue weighted by molar-refractivity contribution is 0.133. The molecule has 0 atom stereocenters. The summed E-state index contributed by atoms with van der Waals surface area (Å²) >= 11 is 3.41. The molecule has 5 heteroatoms. The lowest BCUT2D eigenvalue weighted by atomic mass is 10.1. The van der Waals surface area contributed by atoms with Crippen molar-refractivity contribution in [1.29, 1.82) is 0 Å². The molecule has 0 aliphatic rings. The molecule has 2 aromatic carbocycles. The summed E-state index contributed by atoms with van der Waals surface area (Å²) in [7, 11) is 0. The Hall–Kier alpha value is -1.85. The minimum absolute atomic E-state index is 0.225. The summed E-state index contributed by atoms with van der Waals surface area (Å²) in [6.45, 7) is 5.61. The van der Waals surface area contributed by atoms with Crippen LogP contribution in [0.25, 0.3) is 0 Å². The third-order valence-electron chi connectivity index (χ3n) is 3.47. The summed E-state index contributed by atoms with van der Waals surface area (Å²) in [4.78, 5) is 12.1. The molecule has 2 N–H and O–H groups in total. The third-order valence-corrected chi connectivity index (χ3v) is 3.96. The van der Waals surface area contributed by atoms with Gasteiger partial charge in [0.2, 0.25) is 0 Å². The second-order valence-electron chi connectivity index (χ2n) is 5.17. The van der Waals surface area contributed by atoms with Crippen molar-refractivity contribution >= 4 is 27.6 Å². The molecule has 0 radical (unpaired) electrons. The van der Waals surface area contributed by atoms with E-state index in [0.717, 1.165) is 26.9 Å². The normalized spacial score (nSPS) is 10.4. The fourth-order valence-corrected chi connectivity index (χ4v) is 2.51. The molecule has 0 unspecified atom stereocenters. The molecule has 2 rings (SSSR count). The predicted molar refractivity (Wildman–Crippen MR) is 96.5 cm³/mol. The van der Waals surface area contributed by atoms with E-state index in [1.807, 2.05) is 56.3 Å². The van der Waals surface area contributed by atoms with E-state index in [1.54, 1.807) is 0 Å². The van der Waals surface area contributed by atoms with Crippen molar-refractivity contribution in [2.45, 2.75) is 27.0 Å². The third kappa shape index (κ3) is 5.37. The lowest BCUT2D eigenvalue weighted by Gasteiger charge is -2.13. The van der Waals surface area contributed by atoms with Crippen molar-refractivity contribution in [3.8, 4) is 0 Å². The zero-order valence-electron chi connectivity index (χ0n) is 13.4. The Morgan fingerprint density at radius 3 is 2.65 bits per heavy atom. The van der Waals surface area contributed by atoms with Crippen LogP contribution in [0.1, 0.15) is 23.6 Å². The smallest absolute Gasteiger partial charge is 0.319 e. The fraction of sp³-hybridized carbons (Fsp3) is 0.278. The Labute approximate surface area is 145 Å². The monoisotopic (exact) mass is 376 g/mol. The van der Waals surface area contributed by atoms with Gasteiger partial charge in [-0.15, -0.1) is 0 Å². The summed E-state index contributed by atoms with van der Waals surface area (Å²) in [5.74, 6) is 0. The molecule has 0 saturated carbocycles. The highest BCUT2D eigenvalue weighted by molar-refractivity contribution is 9.10. The summed E-state index contributed by atoms with van der Waals surface area (Å²) in [6, 6.07) is 13.5. The number of carbonyl (C=O) groups is 1. The minimum Gasteiger partial charge on any atom is -0.377 e. The molecule has 0 saturated heterocycles. The second kappa shape index (κ2) is 8.70. The lowest BCUT2D eigenvalue weighted by Crippen LogP contribution is -2.28. The molecule has 0 aliphatic heterocycles. The quantitative estimate of drug-likeness (QED) is 0.772. The Morgan fingerprint density at radius 2 is 1.91 bits per heavy atom. The Bertz CT molecular complexity index is 674. The van der Waals surface area contributed by atoms with Gasteiger partial charge in [-0.1, -0.05) is 46.3 Å². The van der Waals surface area contributed by atoms with Crippen LogP contribution in [0.15, 0.2) is 46.9 Å². The van der Waals surface area contributed by atoms with Gasteiger partial charge in [0.25, 0.3) is 0 Å². The van der Waals surface area contributed by atoms with Gasteiger partial charge >= 0.3 is 6.03 Å². The first-order valence-electron chi connectivity index (χ1n) is 7.55. The number of halogens is 1. The van der Waals surface area contributed by atoms with Crippen LogP contribution >= 0.6 is 15.9 Å². The highest BCUT2D eigenvalue weighted by Crippen LogP contribution is 2.20. The van der Waals surface area contributed by atoms with Crippen molar-refractivity contribution in [2.75, 3.05) is 11.9 Å². The number of benzene rings is 2. The van der Waals surface area contributed by atoms with Crippen LogP contribution in [0.5, 0.6) is 0 Å². The van der Waals surface area contributed by atoms with Gasteiger partial charge in [0.1, 0.15) is 0 Å². The molecular weight excluding hydrogens is 356 g/mol. The van der Waals surface area contributed by atoms with Crippen LogP contribution in [0.3, 0.4) is 0 Å². The van der Waals surface area contributed by atoms with Crippen LogP contribution in [0.4, 0.5) is 10.5 Å². The zero-order chi connectivity index (χ0) is 16.7. The number of amides is 2. The standard InChI is InChI=1S/C18H21BrN2O2/c1-3-23-12-15-7-5-4-6-14(15)11-20-18(22)21-17-10-16(19)9-8-13(17)2/h4-10H,3,11-12H2,1-2H3,(H2,20,21,22). The summed E-state index contributed by atoms with van der Waals surface area (Å²) < 4.78 is 6.39. The van der Waals surface area contributed by atoms with Crippen molar-refractivity contribution in [2.24, 2.45) is 0 Å². The molecule has 0 heterocycles. The maximum absolute atomic E-state index is 12.1. The number of hydrogen-bond donors (Lipinski definition) is 2. The molecule has 0 aliphatic carbocycles. The summed E-state index contributed by atoms with van der Waals surface area (Å²) in [5.41, 5.74) is 3.95. The maximum atomic E-state index is 12.1. The molecule has 122 valence electrons. The minimum atomic E-state index is -0.225. The average Bonchev–Trinajstić information content (AvgIpc) is 2.55. The topological polar surface area (TPSA) is 50.4 Å². The summed E-state index contributed by atoms with van der Waals surface area (Å²) in [5, 5.41) is 5.76. The molecule has 0 bridgehead atoms. The van der Waals surface area contributed by atoms with E-state index in [9.17, 15) is 4.79 Å². The van der Waals surface area contributed by atoms with Crippen LogP contribution in [0, 0.1) is 6.92 Å². The molecular formula is C18H21BrN2O2. The van der Waals surface area contributed by atoms with Gasteiger partial charge < -0.3 is 15.4 Å². The number of hydrogen-bond acceptors (Lipinski definition) is 2. The highest BCUT2D eigenvalue weighted by Gasteiger charge is 2.07. The highest BCUT2D eigenvalue weighted by atomic mass is 79.9. The number of urea groups is 1. The van der Waals surface area contributed by atoms with Crippen LogP contribution in [-0.2, 0) is 17.9 Å². The van der Waals surface area contributed by atoms with Gasteiger partial charge in [-0.2, -0.15) is 0 Å². The molecule has 23 heavy (non-hydrogen) atoms. The van der Waals surface area contributed by atoms with Crippen LogP contribution in [-0.4, -0.2) is 12.6 Å². The van der Waals surface area contributed by atoms with E-state index in [4.69, 9.17) is 4.74 Å². The first-order valence-corrected chi connectivity index (χ1v) is 8.35. The fourth-order valence-electron chi connectivity index (χ4n) is 2.15. The van der Waals surface area contributed by atoms with Crippen molar-refractivity contribution in [3.05, 3.63) is 63.6 Å². The van der Waals surface area contributed by atoms with Crippen LogP contribution in [0.2, 0.25) is 0 Å². The van der Waals surface area contributed by atoms with Gasteiger partial charge in [0, 0.05) is 23.3 Å². The number of aryl methyl sites for hydroxylation is 1. The van der Waals surface area contributed by atoms with E-state index < -0.39 is 0 Å². The zero-order valence-corrected chi connectivity index (χ0v) is 14.9. The van der Waals surface area contributed by atoms with Gasteiger partial charge in [0.05, 0.1) is 6.61 Å². The van der Waals surface area contributed by atoms with Crippen molar-refractivity contribution < 1.29 is 9.53 Å². The van der Waals surface area contributed by atoms with Crippen molar-refractivity contribution in [1.82, 2.24) is 5.32 Å². The van der Waals surface area contributed by atoms with Gasteiger partial charge in [-0.25, -0.2) is 4.79 Å². The van der Waals surface area contributed by atoms with E-state index >= 15 is 0 Å². The molecule has 0 fully saturated rings. The first-order chi connectivity index (χ1) is 11.1. The predicted octanol–water partition coefficient (Wildman–Crippen LogP) is 4.62. The van der Waals surface area contributed by atoms with Crippen molar-refractivity contribution in [3.63, 3.8) is 0 Å². The largest absolute Gasteiger partial charge is 0.377 e. The summed E-state index contributed by atoms with van der Waals surface area (Å²) in [6.07, 6.45) is 0. The second-order valence-corrected chi connectivity index (χ2v) is 6.09. The van der Waals surface area contributed by atoms with Gasteiger partial charge in [-0.05, 0) is 42.7 Å². The molecule has 4 nitrogen and oxygen atoms in total. The number of nitrogens with one attached hydrogen (secondary N) is 2. The molecule has 2 aromatic rings. The molecule has 0 spiro atoms. The van der Waals surface area contributed by atoms with Gasteiger partial charge in [-0.3, -0.25) is 0 Å². The van der Waals surface area contributed by atoms with Gasteiger partial charge in [0.15, 0.2) is 0 Å². The Balaban J connectivity index is 1.95.